The number of hydrogen-bond donors (Lipinski definition) is 1. The van der Waals surface area contributed by atoms with Crippen LogP contribution in [0.3, 0.4) is 0 Å². The summed E-state index contributed by atoms with van der Waals surface area (Å²) in [5, 5.41) is 38.0. The Kier molecular flexibility index (Phi) is 3.49. The minimum atomic E-state index is -1.86. The van der Waals surface area contributed by atoms with Crippen LogP contribution in [-0.2, 0) is 9.47 Å². The topological polar surface area (TPSA) is 123 Å². The summed E-state index contributed by atoms with van der Waals surface area (Å²) < 4.78 is 16.7. The van der Waals surface area contributed by atoms with Gasteiger partial charge in [0.1, 0.15) is 11.9 Å². The minimum Gasteiger partial charge on any atom is -0.497 e. The Morgan fingerprint density at radius 1 is 1.12 bits per heavy atom. The van der Waals surface area contributed by atoms with Crippen LogP contribution in [-0.4, -0.2) is 18.8 Å². The molecule has 3 heterocycles. The summed E-state index contributed by atoms with van der Waals surface area (Å²) in [6.07, 6.45) is -0.981. The zero-order chi connectivity index (χ0) is 18.5. The number of nitriles is 3. The van der Waals surface area contributed by atoms with Crippen LogP contribution in [0.1, 0.15) is 25.5 Å². The van der Waals surface area contributed by atoms with Crippen LogP contribution in [0.15, 0.2) is 24.3 Å². The molecule has 3 fully saturated rings. The highest BCUT2D eigenvalue weighted by atomic mass is 16.7. The summed E-state index contributed by atoms with van der Waals surface area (Å²) in [7, 11) is 1.54. The number of methoxy groups -OCH3 is 1. The normalized spacial score (nSPS) is 35.0. The number of ether oxygens (including phenoxy) is 3. The Bertz CT molecular complexity index is 846. The number of hydrogen-bond acceptors (Lipinski definition) is 7. The molecule has 0 radical (unpaired) electrons. The number of rotatable bonds is 2. The number of fused-ring (bicyclic) bond motifs is 3. The largest absolute Gasteiger partial charge is 0.497 e. The zero-order valence-electron chi connectivity index (χ0n) is 14.0. The van der Waals surface area contributed by atoms with Crippen LogP contribution in [0.2, 0.25) is 0 Å². The fourth-order valence-corrected chi connectivity index (χ4v) is 3.75. The van der Waals surface area contributed by atoms with E-state index in [9.17, 15) is 15.8 Å². The Morgan fingerprint density at radius 3 is 2.20 bits per heavy atom. The molecule has 2 bridgehead atoms. The lowest BCUT2D eigenvalue weighted by atomic mass is 9.51. The summed E-state index contributed by atoms with van der Waals surface area (Å²) in [6, 6.07) is 12.8. The van der Waals surface area contributed by atoms with Crippen molar-refractivity contribution >= 4 is 5.90 Å². The Balaban J connectivity index is 2.27. The quantitative estimate of drug-likeness (QED) is 0.885. The van der Waals surface area contributed by atoms with Crippen LogP contribution in [0.25, 0.3) is 0 Å². The average Bonchev–Trinajstić information content (AvgIpc) is 2.63. The molecule has 1 aromatic rings. The molecule has 0 amide bonds. The zero-order valence-corrected chi connectivity index (χ0v) is 14.0. The maximum atomic E-state index is 9.99. The lowest BCUT2D eigenvalue weighted by Gasteiger charge is -2.60. The average molecular weight is 336 g/mol. The van der Waals surface area contributed by atoms with Gasteiger partial charge < -0.3 is 14.2 Å². The molecule has 0 aromatic heterocycles. The van der Waals surface area contributed by atoms with Crippen molar-refractivity contribution in [3.63, 3.8) is 0 Å². The van der Waals surface area contributed by atoms with Crippen molar-refractivity contribution in [3.8, 4) is 24.0 Å². The monoisotopic (exact) mass is 336 g/mol. The van der Waals surface area contributed by atoms with E-state index in [2.05, 4.69) is 0 Å². The maximum Gasteiger partial charge on any atom is 0.215 e. The second kappa shape index (κ2) is 5.21. The fourth-order valence-electron chi connectivity index (χ4n) is 3.75. The van der Waals surface area contributed by atoms with Gasteiger partial charge in [-0.05, 0) is 17.7 Å². The van der Waals surface area contributed by atoms with E-state index in [0.717, 1.165) is 0 Å². The van der Waals surface area contributed by atoms with Crippen molar-refractivity contribution in [1.82, 2.24) is 0 Å². The number of nitrogens with zero attached hydrogens (tertiary/aromatic N) is 3. The van der Waals surface area contributed by atoms with Crippen molar-refractivity contribution in [3.05, 3.63) is 29.8 Å². The van der Waals surface area contributed by atoms with Crippen LogP contribution < -0.4 is 4.74 Å². The van der Waals surface area contributed by atoms with Crippen LogP contribution in [0, 0.1) is 56.2 Å². The van der Waals surface area contributed by atoms with E-state index in [1.54, 1.807) is 38.1 Å². The molecule has 0 unspecified atom stereocenters. The van der Waals surface area contributed by atoms with Gasteiger partial charge in [0.05, 0.1) is 31.2 Å². The number of benzene rings is 1. The van der Waals surface area contributed by atoms with E-state index in [0.29, 0.717) is 11.3 Å². The first-order chi connectivity index (χ1) is 11.8. The van der Waals surface area contributed by atoms with Gasteiger partial charge in [0.25, 0.3) is 0 Å². The Labute approximate surface area is 145 Å². The molecule has 7 nitrogen and oxygen atoms in total. The van der Waals surface area contributed by atoms with E-state index in [-0.39, 0.29) is 0 Å². The summed E-state index contributed by atoms with van der Waals surface area (Å²) in [5.74, 6) is -1.87. The van der Waals surface area contributed by atoms with Crippen molar-refractivity contribution in [1.29, 1.82) is 21.2 Å². The van der Waals surface area contributed by atoms with E-state index in [1.165, 1.54) is 7.11 Å². The third kappa shape index (κ3) is 1.78. The summed E-state index contributed by atoms with van der Waals surface area (Å²) in [4.78, 5) is 0. The predicted octanol–water partition coefficient (Wildman–Crippen LogP) is 2.67. The lowest BCUT2D eigenvalue weighted by Crippen LogP contribution is -2.71. The molecule has 3 saturated heterocycles. The first-order valence-corrected chi connectivity index (χ1v) is 7.68. The number of nitrogens with one attached hydrogen (secondary N) is 1. The van der Waals surface area contributed by atoms with Crippen molar-refractivity contribution in [2.75, 3.05) is 7.11 Å². The van der Waals surface area contributed by atoms with E-state index in [4.69, 9.17) is 19.6 Å². The van der Waals surface area contributed by atoms with Crippen LogP contribution in [0.4, 0.5) is 0 Å². The van der Waals surface area contributed by atoms with Crippen LogP contribution in [0.5, 0.6) is 5.75 Å². The lowest BCUT2D eigenvalue weighted by molar-refractivity contribution is -0.338. The molecule has 7 heteroatoms. The molecule has 126 valence electrons. The van der Waals surface area contributed by atoms with Gasteiger partial charge >= 0.3 is 0 Å². The predicted molar refractivity (Wildman–Crippen MR) is 84.9 cm³/mol. The first kappa shape index (κ1) is 16.8. The molecule has 0 spiro atoms. The van der Waals surface area contributed by atoms with Crippen molar-refractivity contribution in [2.45, 2.75) is 25.7 Å². The van der Waals surface area contributed by atoms with Crippen LogP contribution >= 0.6 is 0 Å². The molecule has 3 aliphatic heterocycles. The second-order valence-electron chi connectivity index (χ2n) is 6.39. The molecule has 4 rings (SSSR count). The molecule has 4 atom stereocenters. The van der Waals surface area contributed by atoms with Gasteiger partial charge in [-0.1, -0.05) is 19.1 Å². The highest BCUT2D eigenvalue weighted by Crippen LogP contribution is 2.66. The SMILES string of the molecule is COc1ccc([C@H]2O[C@]3(C)OC(=N)[C@]2(C#N)C(C#N)(C#N)[C@H]3C)cc1. The third-order valence-corrected chi connectivity index (χ3v) is 5.41. The molecule has 1 N–H and O–H groups in total. The van der Waals surface area contributed by atoms with E-state index < -0.39 is 34.5 Å². The van der Waals surface area contributed by atoms with Crippen molar-refractivity contribution < 1.29 is 14.2 Å². The Hall–Kier alpha value is -3.08. The molecule has 3 aliphatic rings. The maximum absolute atomic E-state index is 9.99. The van der Waals surface area contributed by atoms with Gasteiger partial charge in [0.15, 0.2) is 10.8 Å². The van der Waals surface area contributed by atoms with Gasteiger partial charge in [-0.25, -0.2) is 0 Å². The van der Waals surface area contributed by atoms with E-state index in [1.807, 2.05) is 18.2 Å². The van der Waals surface area contributed by atoms with Gasteiger partial charge in [0, 0.05) is 6.92 Å². The molecular weight excluding hydrogens is 320 g/mol. The molecule has 1 aromatic carbocycles. The van der Waals surface area contributed by atoms with E-state index >= 15 is 0 Å². The smallest absolute Gasteiger partial charge is 0.215 e. The Morgan fingerprint density at radius 2 is 1.72 bits per heavy atom. The summed E-state index contributed by atoms with van der Waals surface area (Å²) >= 11 is 0. The van der Waals surface area contributed by atoms with Gasteiger partial charge in [0.2, 0.25) is 11.7 Å². The second-order valence-corrected chi connectivity index (χ2v) is 6.39. The highest BCUT2D eigenvalue weighted by Gasteiger charge is 2.77. The van der Waals surface area contributed by atoms with Gasteiger partial charge in [-0.3, -0.25) is 5.41 Å². The first-order valence-electron chi connectivity index (χ1n) is 7.68. The van der Waals surface area contributed by atoms with Gasteiger partial charge in [-0.2, -0.15) is 15.8 Å². The fraction of sp³-hybridized carbons (Fsp3) is 0.444. The standard InChI is InChI=1S/C18H16N4O3/c1-11-16(2)24-14(12-4-6-13(23-3)7-5-12)18(10-21,15(22)25-16)17(11,8-19)9-20/h4-7,11,14,22H,1-3H3/t11-,14+,16+,18+/m0/s1. The molecular formula is C18H16N4O3. The van der Waals surface area contributed by atoms with Crippen molar-refractivity contribution in [2.24, 2.45) is 16.7 Å². The third-order valence-electron chi connectivity index (χ3n) is 5.41. The highest BCUT2D eigenvalue weighted by molar-refractivity contribution is 5.88. The van der Waals surface area contributed by atoms with Gasteiger partial charge in [-0.15, -0.1) is 0 Å². The molecule has 25 heavy (non-hydrogen) atoms. The molecule has 0 saturated carbocycles. The summed E-state index contributed by atoms with van der Waals surface area (Å²) in [5.41, 5.74) is -3.06. The summed E-state index contributed by atoms with van der Waals surface area (Å²) in [6.45, 7) is 3.22. The molecule has 0 aliphatic carbocycles. The minimum absolute atomic E-state index is 0.411.